The largest absolute Gasteiger partial charge is 0.299 e. The van der Waals surface area contributed by atoms with Crippen LogP contribution < -0.4 is 0 Å². The third kappa shape index (κ3) is 3.18. The normalized spacial score (nSPS) is 13.5. The minimum absolute atomic E-state index is 0.00231. The molecule has 0 rings (SSSR count). The van der Waals surface area contributed by atoms with E-state index in [0.717, 1.165) is 6.42 Å². The van der Waals surface area contributed by atoms with Gasteiger partial charge in [0.1, 0.15) is 0 Å². The molecule has 0 saturated heterocycles. The molecule has 0 heterocycles. The van der Waals surface area contributed by atoms with Crippen LogP contribution >= 0.6 is 0 Å². The zero-order valence-electron chi connectivity index (χ0n) is 8.50. The van der Waals surface area contributed by atoms with Crippen LogP contribution in [0, 0.1) is 5.92 Å². The number of carbonyl (C=O) groups is 1. The van der Waals surface area contributed by atoms with Crippen LogP contribution in [0.1, 0.15) is 20.3 Å². The van der Waals surface area contributed by atoms with Gasteiger partial charge in [-0.3, -0.25) is 9.69 Å². The maximum atomic E-state index is 11.6. The van der Waals surface area contributed by atoms with Gasteiger partial charge < -0.3 is 0 Å². The van der Waals surface area contributed by atoms with Crippen molar-refractivity contribution in [3.05, 3.63) is 12.7 Å². The molecule has 1 unspecified atom stereocenters. The Morgan fingerprint density at radius 3 is 2.25 bits per heavy atom. The van der Waals surface area contributed by atoms with Crippen molar-refractivity contribution in [3.8, 4) is 0 Å². The van der Waals surface area contributed by atoms with E-state index in [2.05, 4.69) is 6.58 Å². The van der Waals surface area contributed by atoms with Gasteiger partial charge in [-0.25, -0.2) is 0 Å². The zero-order chi connectivity index (χ0) is 9.72. The molecule has 2 heteroatoms. The number of ketones is 1. The number of hydrogen-bond acceptors (Lipinski definition) is 2. The average molecular weight is 169 g/mol. The Balaban J connectivity index is 4.29. The van der Waals surface area contributed by atoms with Crippen LogP contribution in [0.25, 0.3) is 0 Å². The maximum absolute atomic E-state index is 11.6. The number of likely N-dealkylation sites (N-methyl/N-ethyl adjacent to an activating group) is 1. The Bertz CT molecular complexity index is 161. The predicted octanol–water partition coefficient (Wildman–Crippen LogP) is 1.72. The Kier molecular flexibility index (Phi) is 4.83. The van der Waals surface area contributed by atoms with Crippen LogP contribution in [0.15, 0.2) is 12.7 Å². The summed E-state index contributed by atoms with van der Waals surface area (Å²) in [5, 5.41) is 0. The topological polar surface area (TPSA) is 20.3 Å². The lowest BCUT2D eigenvalue weighted by Gasteiger charge is -2.23. The van der Waals surface area contributed by atoms with Crippen molar-refractivity contribution in [1.29, 1.82) is 0 Å². The van der Waals surface area contributed by atoms with E-state index in [9.17, 15) is 4.79 Å². The summed E-state index contributed by atoms with van der Waals surface area (Å²) in [7, 11) is 3.85. The highest BCUT2D eigenvalue weighted by molar-refractivity contribution is 5.85. The van der Waals surface area contributed by atoms with Crippen molar-refractivity contribution < 1.29 is 4.79 Å². The van der Waals surface area contributed by atoms with E-state index >= 15 is 0 Å². The molecule has 0 amide bonds. The summed E-state index contributed by atoms with van der Waals surface area (Å²) in [6, 6.07) is 0.00231. The molecule has 0 aromatic heterocycles. The van der Waals surface area contributed by atoms with Crippen LogP contribution in [0.5, 0.6) is 0 Å². The second-order valence-corrected chi connectivity index (χ2v) is 3.56. The molecule has 0 bridgehead atoms. The van der Waals surface area contributed by atoms with Gasteiger partial charge in [-0.15, -0.1) is 6.58 Å². The second kappa shape index (κ2) is 5.09. The first-order chi connectivity index (χ1) is 5.50. The summed E-state index contributed by atoms with van der Waals surface area (Å²) < 4.78 is 0. The lowest BCUT2D eigenvalue weighted by Crippen LogP contribution is -2.37. The molecular formula is C10H19NO. The van der Waals surface area contributed by atoms with Gasteiger partial charge in [-0.2, -0.15) is 0 Å². The standard InChI is InChI=1S/C10H19NO/c1-6-7-9(11(4)5)10(12)8(2)3/h6,8-9H,1,7H2,2-5H3. The summed E-state index contributed by atoms with van der Waals surface area (Å²) in [5.74, 6) is 0.400. The minimum Gasteiger partial charge on any atom is -0.299 e. The van der Waals surface area contributed by atoms with Crippen molar-refractivity contribution in [3.63, 3.8) is 0 Å². The first kappa shape index (κ1) is 11.4. The third-order valence-corrected chi connectivity index (χ3v) is 1.91. The molecule has 0 aliphatic carbocycles. The van der Waals surface area contributed by atoms with Crippen LogP contribution in [0.3, 0.4) is 0 Å². The number of carbonyl (C=O) groups excluding carboxylic acids is 1. The lowest BCUT2D eigenvalue weighted by atomic mass is 9.98. The van der Waals surface area contributed by atoms with Gasteiger partial charge in [0.25, 0.3) is 0 Å². The number of hydrogen-bond donors (Lipinski definition) is 0. The molecule has 0 N–H and O–H groups in total. The molecule has 0 spiro atoms. The highest BCUT2D eigenvalue weighted by Gasteiger charge is 2.21. The second-order valence-electron chi connectivity index (χ2n) is 3.56. The first-order valence-corrected chi connectivity index (χ1v) is 4.31. The molecule has 0 aliphatic heterocycles. The Morgan fingerprint density at radius 2 is 2.00 bits per heavy atom. The zero-order valence-corrected chi connectivity index (χ0v) is 8.50. The van der Waals surface area contributed by atoms with Crippen molar-refractivity contribution in [2.45, 2.75) is 26.3 Å². The van der Waals surface area contributed by atoms with Gasteiger partial charge in [0, 0.05) is 5.92 Å². The van der Waals surface area contributed by atoms with E-state index in [1.165, 1.54) is 0 Å². The molecule has 0 radical (unpaired) electrons. The highest BCUT2D eigenvalue weighted by Crippen LogP contribution is 2.08. The van der Waals surface area contributed by atoms with E-state index in [-0.39, 0.29) is 12.0 Å². The fourth-order valence-corrected chi connectivity index (χ4v) is 1.12. The van der Waals surface area contributed by atoms with Crippen molar-refractivity contribution in [2.24, 2.45) is 5.92 Å². The monoisotopic (exact) mass is 169 g/mol. The summed E-state index contributed by atoms with van der Waals surface area (Å²) >= 11 is 0. The van der Waals surface area contributed by atoms with Crippen molar-refractivity contribution in [2.75, 3.05) is 14.1 Å². The van der Waals surface area contributed by atoms with Crippen molar-refractivity contribution >= 4 is 5.78 Å². The van der Waals surface area contributed by atoms with Gasteiger partial charge in [0.2, 0.25) is 0 Å². The SMILES string of the molecule is C=CCC(C(=O)C(C)C)N(C)C. The average Bonchev–Trinajstić information content (AvgIpc) is 1.98. The summed E-state index contributed by atoms with van der Waals surface area (Å²) in [4.78, 5) is 13.5. The van der Waals surface area contributed by atoms with E-state index in [1.807, 2.05) is 32.8 Å². The highest BCUT2D eigenvalue weighted by atomic mass is 16.1. The van der Waals surface area contributed by atoms with Crippen LogP contribution in [0.2, 0.25) is 0 Å². The number of rotatable bonds is 5. The molecular weight excluding hydrogens is 150 g/mol. The van der Waals surface area contributed by atoms with E-state index in [4.69, 9.17) is 0 Å². The van der Waals surface area contributed by atoms with Gasteiger partial charge in [0.15, 0.2) is 5.78 Å². The summed E-state index contributed by atoms with van der Waals surface area (Å²) in [5.41, 5.74) is 0. The van der Waals surface area contributed by atoms with Gasteiger partial charge in [-0.05, 0) is 20.5 Å². The minimum atomic E-state index is 0.00231. The molecule has 1 atom stereocenters. The lowest BCUT2D eigenvalue weighted by molar-refractivity contribution is -0.126. The predicted molar refractivity (Wildman–Crippen MR) is 52.1 cm³/mol. The Morgan fingerprint density at radius 1 is 1.50 bits per heavy atom. The van der Waals surface area contributed by atoms with Gasteiger partial charge in [0.05, 0.1) is 6.04 Å². The van der Waals surface area contributed by atoms with Crippen LogP contribution in [0.4, 0.5) is 0 Å². The smallest absolute Gasteiger partial charge is 0.152 e. The molecule has 0 aromatic carbocycles. The quantitative estimate of drug-likeness (QED) is 0.584. The number of Topliss-reactive ketones (excluding diaryl/α,β-unsaturated/α-hetero) is 1. The molecule has 12 heavy (non-hydrogen) atoms. The molecule has 0 saturated carbocycles. The Labute approximate surface area is 75.3 Å². The number of nitrogens with zero attached hydrogens (tertiary/aromatic N) is 1. The fourth-order valence-electron chi connectivity index (χ4n) is 1.12. The summed E-state index contributed by atoms with van der Waals surface area (Å²) in [6.45, 7) is 7.51. The molecule has 0 fully saturated rings. The third-order valence-electron chi connectivity index (χ3n) is 1.91. The Hall–Kier alpha value is -0.630. The van der Waals surface area contributed by atoms with E-state index in [0.29, 0.717) is 5.78 Å². The fraction of sp³-hybridized carbons (Fsp3) is 0.700. The molecule has 0 aromatic rings. The molecule has 2 nitrogen and oxygen atoms in total. The van der Waals surface area contributed by atoms with Gasteiger partial charge >= 0.3 is 0 Å². The molecule has 0 aliphatic rings. The van der Waals surface area contributed by atoms with Crippen LogP contribution in [-0.2, 0) is 4.79 Å². The van der Waals surface area contributed by atoms with Gasteiger partial charge in [-0.1, -0.05) is 19.9 Å². The van der Waals surface area contributed by atoms with Crippen molar-refractivity contribution in [1.82, 2.24) is 4.90 Å². The molecule has 70 valence electrons. The van der Waals surface area contributed by atoms with E-state index in [1.54, 1.807) is 6.08 Å². The maximum Gasteiger partial charge on any atom is 0.152 e. The summed E-state index contributed by atoms with van der Waals surface area (Å²) in [6.07, 6.45) is 2.54. The first-order valence-electron chi connectivity index (χ1n) is 4.31. The van der Waals surface area contributed by atoms with E-state index < -0.39 is 0 Å². The van der Waals surface area contributed by atoms with Crippen LogP contribution in [-0.4, -0.2) is 30.8 Å².